The summed E-state index contributed by atoms with van der Waals surface area (Å²) < 4.78 is 9.77. The van der Waals surface area contributed by atoms with Gasteiger partial charge in [-0.2, -0.15) is 0 Å². The van der Waals surface area contributed by atoms with Crippen LogP contribution >= 0.6 is 0 Å². The molecule has 0 aliphatic rings. The number of carbonyl (C=O) groups is 2. The van der Waals surface area contributed by atoms with E-state index < -0.39 is 5.97 Å². The molecule has 2 aromatic rings. The zero-order valence-corrected chi connectivity index (χ0v) is 14.4. The Labute approximate surface area is 147 Å². The van der Waals surface area contributed by atoms with E-state index in [4.69, 9.17) is 4.74 Å². The topological polar surface area (TPSA) is 76.7 Å². The summed E-state index contributed by atoms with van der Waals surface area (Å²) in [6.45, 7) is 1.23. The molecule has 6 heteroatoms. The lowest BCUT2D eigenvalue weighted by Gasteiger charge is -2.08. The third kappa shape index (κ3) is 5.93. The van der Waals surface area contributed by atoms with Crippen LogP contribution in [0.2, 0.25) is 0 Å². The summed E-state index contributed by atoms with van der Waals surface area (Å²) in [7, 11) is 2.95. The minimum absolute atomic E-state index is 0.121. The van der Waals surface area contributed by atoms with Crippen LogP contribution in [0.15, 0.2) is 48.5 Å². The van der Waals surface area contributed by atoms with Crippen LogP contribution in [0.1, 0.15) is 22.3 Å². The molecule has 0 bridgehead atoms. The molecule has 6 nitrogen and oxygen atoms in total. The monoisotopic (exact) mass is 342 g/mol. The highest BCUT2D eigenvalue weighted by molar-refractivity contribution is 5.94. The molecule has 2 rings (SSSR count). The first-order valence-electron chi connectivity index (χ1n) is 7.94. The molecule has 2 aromatic carbocycles. The highest BCUT2D eigenvalue weighted by Gasteiger charge is 2.07. The van der Waals surface area contributed by atoms with Crippen molar-refractivity contribution in [1.29, 1.82) is 0 Å². The first-order valence-corrected chi connectivity index (χ1v) is 7.94. The first kappa shape index (κ1) is 18.5. The average molecular weight is 342 g/mol. The number of methoxy groups -OCH3 is 2. The minimum Gasteiger partial charge on any atom is -0.497 e. The number of anilines is 1. The second-order valence-corrected chi connectivity index (χ2v) is 5.40. The Bertz CT molecular complexity index is 714. The van der Waals surface area contributed by atoms with E-state index in [1.165, 1.54) is 7.11 Å². The Morgan fingerprint density at radius 2 is 1.80 bits per heavy atom. The number of rotatable bonds is 8. The van der Waals surface area contributed by atoms with E-state index >= 15 is 0 Å². The van der Waals surface area contributed by atoms with Gasteiger partial charge in [0.15, 0.2) is 0 Å². The molecule has 2 N–H and O–H groups in total. The molecule has 0 saturated heterocycles. The third-order valence-electron chi connectivity index (χ3n) is 3.58. The summed E-state index contributed by atoms with van der Waals surface area (Å²) in [5.74, 6) is 0.263. The van der Waals surface area contributed by atoms with Gasteiger partial charge in [-0.1, -0.05) is 18.2 Å². The van der Waals surface area contributed by atoms with Crippen molar-refractivity contribution in [3.8, 4) is 5.75 Å². The van der Waals surface area contributed by atoms with Gasteiger partial charge < -0.3 is 20.1 Å². The molecule has 0 heterocycles. The molecule has 0 aliphatic carbocycles. The zero-order valence-electron chi connectivity index (χ0n) is 14.4. The van der Waals surface area contributed by atoms with Gasteiger partial charge in [0.1, 0.15) is 5.75 Å². The van der Waals surface area contributed by atoms with E-state index in [0.717, 1.165) is 11.3 Å². The quantitative estimate of drug-likeness (QED) is 0.570. The van der Waals surface area contributed by atoms with Gasteiger partial charge in [-0.25, -0.2) is 4.79 Å². The van der Waals surface area contributed by atoms with Gasteiger partial charge in [0.05, 0.1) is 19.8 Å². The number of nitrogens with one attached hydrogen (secondary N) is 2. The molecule has 0 aromatic heterocycles. The molecule has 0 atom stereocenters. The summed E-state index contributed by atoms with van der Waals surface area (Å²) >= 11 is 0. The lowest BCUT2D eigenvalue weighted by Crippen LogP contribution is -2.21. The van der Waals surface area contributed by atoms with Crippen LogP contribution in [0.3, 0.4) is 0 Å². The van der Waals surface area contributed by atoms with E-state index in [1.807, 2.05) is 24.3 Å². The first-order chi connectivity index (χ1) is 12.1. The predicted molar refractivity (Wildman–Crippen MR) is 95.7 cm³/mol. The second-order valence-electron chi connectivity index (χ2n) is 5.40. The maximum absolute atomic E-state index is 12.0. The highest BCUT2D eigenvalue weighted by Crippen LogP contribution is 2.12. The van der Waals surface area contributed by atoms with Crippen LogP contribution < -0.4 is 15.4 Å². The Hall–Kier alpha value is -2.86. The van der Waals surface area contributed by atoms with Crippen LogP contribution in [-0.2, 0) is 16.1 Å². The van der Waals surface area contributed by atoms with Gasteiger partial charge in [0.2, 0.25) is 5.91 Å². The average Bonchev–Trinajstić information content (AvgIpc) is 2.65. The van der Waals surface area contributed by atoms with E-state index in [2.05, 4.69) is 15.4 Å². The summed E-state index contributed by atoms with van der Waals surface area (Å²) in [6.07, 6.45) is 0.332. The van der Waals surface area contributed by atoms with Crippen molar-refractivity contribution in [2.45, 2.75) is 13.0 Å². The van der Waals surface area contributed by atoms with Crippen molar-refractivity contribution >= 4 is 17.6 Å². The van der Waals surface area contributed by atoms with E-state index in [0.29, 0.717) is 30.8 Å². The number of ether oxygens (including phenoxy) is 2. The Balaban J connectivity index is 1.74. The van der Waals surface area contributed by atoms with E-state index in [1.54, 1.807) is 31.4 Å². The largest absolute Gasteiger partial charge is 0.497 e. The van der Waals surface area contributed by atoms with Crippen molar-refractivity contribution in [2.75, 3.05) is 26.1 Å². The SMILES string of the molecule is COC(=O)c1cccc(NC(=O)CCNCc2ccc(OC)cc2)c1. The Morgan fingerprint density at radius 1 is 1.04 bits per heavy atom. The predicted octanol–water partition coefficient (Wildman–Crippen LogP) is 2.60. The third-order valence-corrected chi connectivity index (χ3v) is 3.58. The van der Waals surface area contributed by atoms with Crippen LogP contribution in [0.4, 0.5) is 5.69 Å². The molecular formula is C19H22N2O4. The highest BCUT2D eigenvalue weighted by atomic mass is 16.5. The minimum atomic E-state index is -0.433. The van der Waals surface area contributed by atoms with Crippen LogP contribution in [0.5, 0.6) is 5.75 Å². The standard InChI is InChI=1S/C19H22N2O4/c1-24-17-8-6-14(7-9-17)13-20-11-10-18(22)21-16-5-3-4-15(12-16)19(23)25-2/h3-9,12,20H,10-11,13H2,1-2H3,(H,21,22). The van der Waals surface area contributed by atoms with Crippen molar-refractivity contribution in [2.24, 2.45) is 0 Å². The summed E-state index contributed by atoms with van der Waals surface area (Å²) in [6, 6.07) is 14.4. The van der Waals surface area contributed by atoms with Crippen molar-refractivity contribution in [3.63, 3.8) is 0 Å². The number of benzene rings is 2. The summed E-state index contributed by atoms with van der Waals surface area (Å²) in [5, 5.41) is 5.99. The molecule has 0 unspecified atom stereocenters. The molecule has 0 radical (unpaired) electrons. The van der Waals surface area contributed by atoms with Gasteiger partial charge in [-0.05, 0) is 35.9 Å². The molecule has 1 amide bonds. The van der Waals surface area contributed by atoms with Crippen LogP contribution in [0, 0.1) is 0 Å². The fourth-order valence-corrected chi connectivity index (χ4v) is 2.24. The van der Waals surface area contributed by atoms with Crippen LogP contribution in [0.25, 0.3) is 0 Å². The fraction of sp³-hybridized carbons (Fsp3) is 0.263. The summed E-state index contributed by atoms with van der Waals surface area (Å²) in [5.41, 5.74) is 2.09. The molecule has 25 heavy (non-hydrogen) atoms. The smallest absolute Gasteiger partial charge is 0.337 e. The number of hydrogen-bond acceptors (Lipinski definition) is 5. The lowest BCUT2D eigenvalue weighted by atomic mass is 10.2. The second kappa shape index (κ2) is 9.44. The Morgan fingerprint density at radius 3 is 2.48 bits per heavy atom. The number of hydrogen-bond donors (Lipinski definition) is 2. The van der Waals surface area contributed by atoms with Crippen molar-refractivity contribution in [3.05, 3.63) is 59.7 Å². The van der Waals surface area contributed by atoms with Crippen molar-refractivity contribution < 1.29 is 19.1 Å². The molecule has 0 aliphatic heterocycles. The molecular weight excluding hydrogens is 320 g/mol. The number of amides is 1. The maximum Gasteiger partial charge on any atom is 0.337 e. The van der Waals surface area contributed by atoms with E-state index in [-0.39, 0.29) is 5.91 Å². The Kier molecular flexibility index (Phi) is 6.98. The number of carbonyl (C=O) groups excluding carboxylic acids is 2. The number of esters is 1. The molecule has 0 spiro atoms. The van der Waals surface area contributed by atoms with E-state index in [9.17, 15) is 9.59 Å². The molecule has 132 valence electrons. The lowest BCUT2D eigenvalue weighted by molar-refractivity contribution is -0.116. The van der Waals surface area contributed by atoms with Crippen molar-refractivity contribution in [1.82, 2.24) is 5.32 Å². The van der Waals surface area contributed by atoms with Gasteiger partial charge >= 0.3 is 5.97 Å². The van der Waals surface area contributed by atoms with Gasteiger partial charge in [-0.15, -0.1) is 0 Å². The van der Waals surface area contributed by atoms with Gasteiger partial charge in [0, 0.05) is 25.2 Å². The normalized spacial score (nSPS) is 10.2. The van der Waals surface area contributed by atoms with Crippen LogP contribution in [-0.4, -0.2) is 32.6 Å². The summed E-state index contributed by atoms with van der Waals surface area (Å²) in [4.78, 5) is 23.5. The molecule has 0 fully saturated rings. The zero-order chi connectivity index (χ0) is 18.1. The fourth-order valence-electron chi connectivity index (χ4n) is 2.24. The molecule has 0 saturated carbocycles. The maximum atomic E-state index is 12.0. The van der Waals surface area contributed by atoms with Gasteiger partial charge in [-0.3, -0.25) is 4.79 Å². The van der Waals surface area contributed by atoms with Gasteiger partial charge in [0.25, 0.3) is 0 Å².